The van der Waals surface area contributed by atoms with Crippen LogP contribution in [0.4, 0.5) is 5.69 Å². The summed E-state index contributed by atoms with van der Waals surface area (Å²) in [6.07, 6.45) is 0. The zero-order valence-electron chi connectivity index (χ0n) is 32.1. The summed E-state index contributed by atoms with van der Waals surface area (Å²) >= 11 is 0. The normalized spacial score (nSPS) is 11.4. The van der Waals surface area contributed by atoms with Crippen molar-refractivity contribution in [1.29, 1.82) is 0 Å². The van der Waals surface area contributed by atoms with E-state index in [9.17, 15) is 0 Å². The Morgan fingerprint density at radius 2 is 0.632 bits per heavy atom. The van der Waals surface area contributed by atoms with Crippen LogP contribution in [-0.4, -0.2) is 0 Å². The second-order valence-corrected chi connectivity index (χ2v) is 14.5. The molecule has 0 radical (unpaired) electrons. The molecule has 0 amide bonds. The summed E-state index contributed by atoms with van der Waals surface area (Å²) in [6, 6.07) is 73.0. The van der Waals surface area contributed by atoms with Crippen LogP contribution in [0.3, 0.4) is 0 Å². The second kappa shape index (κ2) is 14.1. The Hall–Kier alpha value is -7.22. The second-order valence-electron chi connectivity index (χ2n) is 14.5. The lowest BCUT2D eigenvalue weighted by Gasteiger charge is -2.20. The van der Waals surface area contributed by atoms with Crippen LogP contribution in [-0.2, 0) is 0 Å². The molecular formula is C56H41N. The van der Waals surface area contributed by atoms with Crippen LogP contribution in [0.5, 0.6) is 0 Å². The fourth-order valence-corrected chi connectivity index (χ4v) is 9.25. The first-order valence-electron chi connectivity index (χ1n) is 20.0. The van der Waals surface area contributed by atoms with Crippen LogP contribution in [0.25, 0.3) is 110 Å². The minimum Gasteiger partial charge on any atom is -0.399 e. The lowest BCUT2D eigenvalue weighted by atomic mass is 9.82. The highest BCUT2D eigenvalue weighted by molar-refractivity contribution is 6.29. The third-order valence-corrected chi connectivity index (χ3v) is 11.6. The first kappa shape index (κ1) is 34.3. The van der Waals surface area contributed by atoms with Gasteiger partial charge in [0.1, 0.15) is 0 Å². The molecule has 1 nitrogen and oxygen atoms in total. The standard InChI is InChI=1S/C54H35N.C2H6/c55-37-28-26-34(27-29-37)38-18-7-8-19-39(38)42-30-31-43(41-21-10-9-20-40(41)42)44-32-33-49-52-45(44)24-13-25-48(52)53-50(35-14-3-1-4-15-35)46-22-11-12-23-47(46)51(54(49)53)36-16-5-2-6-17-36;1-2/h1-33H,55H2;1-2H3. The SMILES string of the molecule is CC.Nc1ccc(-c2ccccc2-c2ccc(-c3ccc4c5c(cccc35)-c3c-4c(-c4ccccc4)c4ccccc4c3-c3ccccc3)c3ccccc23)cc1. The van der Waals surface area contributed by atoms with Gasteiger partial charge in [-0.25, -0.2) is 0 Å². The Labute approximate surface area is 334 Å². The summed E-state index contributed by atoms with van der Waals surface area (Å²) in [6.45, 7) is 4.00. The minimum absolute atomic E-state index is 0.769. The van der Waals surface area contributed by atoms with Crippen molar-refractivity contribution in [3.8, 4) is 77.9 Å². The number of nitrogens with two attached hydrogens (primary N) is 1. The van der Waals surface area contributed by atoms with E-state index >= 15 is 0 Å². The maximum Gasteiger partial charge on any atom is 0.0314 e. The molecule has 0 atom stereocenters. The molecule has 0 unspecified atom stereocenters. The van der Waals surface area contributed by atoms with Crippen LogP contribution in [0.15, 0.2) is 200 Å². The van der Waals surface area contributed by atoms with Crippen molar-refractivity contribution in [3.05, 3.63) is 200 Å². The zero-order chi connectivity index (χ0) is 38.5. The van der Waals surface area contributed by atoms with Crippen molar-refractivity contribution in [2.75, 3.05) is 5.73 Å². The Kier molecular flexibility index (Phi) is 8.50. The van der Waals surface area contributed by atoms with Crippen molar-refractivity contribution < 1.29 is 0 Å². The molecule has 270 valence electrons. The van der Waals surface area contributed by atoms with E-state index in [4.69, 9.17) is 5.73 Å². The number of hydrogen-bond acceptors (Lipinski definition) is 1. The van der Waals surface area contributed by atoms with Gasteiger partial charge in [-0.05, 0) is 122 Å². The summed E-state index contributed by atoms with van der Waals surface area (Å²) in [4.78, 5) is 0. The maximum absolute atomic E-state index is 6.08. The fourth-order valence-electron chi connectivity index (χ4n) is 9.25. The van der Waals surface area contributed by atoms with Crippen LogP contribution >= 0.6 is 0 Å². The molecule has 10 aromatic rings. The molecule has 2 N–H and O–H groups in total. The van der Waals surface area contributed by atoms with Crippen LogP contribution in [0, 0.1) is 0 Å². The Bertz CT molecular complexity index is 3030. The van der Waals surface area contributed by atoms with Crippen molar-refractivity contribution in [2.45, 2.75) is 13.8 Å². The number of rotatable bonds is 5. The fraction of sp³-hybridized carbons (Fsp3) is 0.0357. The lowest BCUT2D eigenvalue weighted by Crippen LogP contribution is -1.93. The summed E-state index contributed by atoms with van der Waals surface area (Å²) in [5, 5.41) is 7.62. The minimum atomic E-state index is 0.769. The van der Waals surface area contributed by atoms with Gasteiger partial charge in [0.05, 0.1) is 0 Å². The van der Waals surface area contributed by atoms with E-state index in [2.05, 4.69) is 188 Å². The van der Waals surface area contributed by atoms with E-state index in [0.717, 1.165) is 11.3 Å². The van der Waals surface area contributed by atoms with E-state index in [0.29, 0.717) is 0 Å². The quantitative estimate of drug-likeness (QED) is 0.176. The van der Waals surface area contributed by atoms with E-state index in [1.54, 1.807) is 0 Å². The Morgan fingerprint density at radius 1 is 0.246 bits per heavy atom. The van der Waals surface area contributed by atoms with Gasteiger partial charge in [-0.15, -0.1) is 0 Å². The third-order valence-electron chi connectivity index (χ3n) is 11.6. The summed E-state index contributed by atoms with van der Waals surface area (Å²) in [5.41, 5.74) is 24.4. The van der Waals surface area contributed by atoms with Crippen LogP contribution < -0.4 is 5.73 Å². The molecule has 0 bridgehead atoms. The average molecular weight is 728 g/mol. The molecular weight excluding hydrogens is 687 g/mol. The largest absolute Gasteiger partial charge is 0.399 e. The van der Waals surface area contributed by atoms with Crippen LogP contribution in [0.2, 0.25) is 0 Å². The van der Waals surface area contributed by atoms with Gasteiger partial charge in [-0.1, -0.05) is 202 Å². The van der Waals surface area contributed by atoms with Gasteiger partial charge < -0.3 is 5.73 Å². The first-order valence-corrected chi connectivity index (χ1v) is 20.0. The smallest absolute Gasteiger partial charge is 0.0314 e. The van der Waals surface area contributed by atoms with Crippen molar-refractivity contribution >= 4 is 38.0 Å². The molecule has 0 saturated carbocycles. The maximum atomic E-state index is 6.08. The summed E-state index contributed by atoms with van der Waals surface area (Å²) in [5.74, 6) is 0. The van der Waals surface area contributed by atoms with Gasteiger partial charge in [0.25, 0.3) is 0 Å². The number of anilines is 1. The highest BCUT2D eigenvalue weighted by Crippen LogP contribution is 2.58. The molecule has 0 saturated heterocycles. The lowest BCUT2D eigenvalue weighted by molar-refractivity contribution is 1.50. The number of nitrogen functional groups attached to an aromatic ring is 1. The van der Waals surface area contributed by atoms with E-state index < -0.39 is 0 Å². The van der Waals surface area contributed by atoms with Crippen molar-refractivity contribution in [3.63, 3.8) is 0 Å². The van der Waals surface area contributed by atoms with Crippen molar-refractivity contribution in [2.24, 2.45) is 0 Å². The van der Waals surface area contributed by atoms with E-state index in [-0.39, 0.29) is 0 Å². The predicted molar refractivity (Wildman–Crippen MR) is 246 cm³/mol. The number of hydrogen-bond donors (Lipinski definition) is 1. The summed E-state index contributed by atoms with van der Waals surface area (Å²) < 4.78 is 0. The van der Waals surface area contributed by atoms with Gasteiger partial charge in [0.15, 0.2) is 0 Å². The molecule has 1 aliphatic rings. The molecule has 1 heteroatoms. The van der Waals surface area contributed by atoms with E-state index in [1.165, 1.54) is 105 Å². The molecule has 10 aromatic carbocycles. The Balaban J connectivity index is 0.00000195. The number of fused-ring (bicyclic) bond motifs is 5. The zero-order valence-corrected chi connectivity index (χ0v) is 32.1. The molecule has 57 heavy (non-hydrogen) atoms. The molecule has 0 spiro atoms. The molecule has 0 fully saturated rings. The van der Waals surface area contributed by atoms with Gasteiger partial charge in [0.2, 0.25) is 0 Å². The van der Waals surface area contributed by atoms with E-state index in [1.807, 2.05) is 26.0 Å². The van der Waals surface area contributed by atoms with Crippen LogP contribution in [0.1, 0.15) is 13.8 Å². The van der Waals surface area contributed by atoms with Gasteiger partial charge in [0, 0.05) is 5.69 Å². The monoisotopic (exact) mass is 727 g/mol. The highest BCUT2D eigenvalue weighted by Gasteiger charge is 2.31. The van der Waals surface area contributed by atoms with Gasteiger partial charge in [-0.3, -0.25) is 0 Å². The van der Waals surface area contributed by atoms with Crippen molar-refractivity contribution in [1.82, 2.24) is 0 Å². The van der Waals surface area contributed by atoms with Gasteiger partial charge >= 0.3 is 0 Å². The molecule has 0 aromatic heterocycles. The Morgan fingerprint density at radius 3 is 1.19 bits per heavy atom. The molecule has 0 aliphatic heterocycles. The third kappa shape index (κ3) is 5.46. The first-order chi connectivity index (χ1) is 28.2. The molecule has 1 aliphatic carbocycles. The van der Waals surface area contributed by atoms with Gasteiger partial charge in [-0.2, -0.15) is 0 Å². The predicted octanol–water partition coefficient (Wildman–Crippen LogP) is 15.7. The average Bonchev–Trinajstić information content (AvgIpc) is 3.61. The molecule has 0 heterocycles. The highest BCUT2D eigenvalue weighted by atomic mass is 14.5. The number of benzene rings is 10. The molecule has 11 rings (SSSR count). The summed E-state index contributed by atoms with van der Waals surface area (Å²) in [7, 11) is 0. The topological polar surface area (TPSA) is 26.0 Å².